The highest BCUT2D eigenvalue weighted by Gasteiger charge is 2.30. The predicted molar refractivity (Wildman–Crippen MR) is 68.1 cm³/mol. The van der Waals surface area contributed by atoms with Gasteiger partial charge in [0.25, 0.3) is 0 Å². The Bertz CT molecular complexity index is 410. The second kappa shape index (κ2) is 5.10. The van der Waals surface area contributed by atoms with Crippen LogP contribution in [0.2, 0.25) is 5.02 Å². The Balaban J connectivity index is 2.25. The van der Waals surface area contributed by atoms with Gasteiger partial charge >= 0.3 is 0 Å². The van der Waals surface area contributed by atoms with Gasteiger partial charge in [0.05, 0.1) is 23.0 Å². The van der Waals surface area contributed by atoms with Gasteiger partial charge < -0.3 is 15.4 Å². The van der Waals surface area contributed by atoms with E-state index in [0.717, 1.165) is 12.8 Å². The van der Waals surface area contributed by atoms with Crippen LogP contribution in [0.4, 0.5) is 15.8 Å². The summed E-state index contributed by atoms with van der Waals surface area (Å²) in [5.41, 5.74) is 7.12. The summed E-state index contributed by atoms with van der Waals surface area (Å²) in [6.07, 6.45) is 2.24. The first-order valence-electron chi connectivity index (χ1n) is 5.63. The fraction of sp³-hybridized carbons (Fsp3) is 0.500. The molecule has 1 aliphatic carbocycles. The highest BCUT2D eigenvalue weighted by Crippen LogP contribution is 2.36. The van der Waals surface area contributed by atoms with E-state index in [2.05, 4.69) is 4.90 Å². The first-order valence-corrected chi connectivity index (χ1v) is 6.01. The molecule has 1 saturated carbocycles. The summed E-state index contributed by atoms with van der Waals surface area (Å²) in [6, 6.07) is 3.33. The smallest absolute Gasteiger partial charge is 0.144 e. The van der Waals surface area contributed by atoms with E-state index < -0.39 is 5.82 Å². The molecule has 0 saturated heterocycles. The van der Waals surface area contributed by atoms with Crippen molar-refractivity contribution in [1.82, 2.24) is 0 Å². The summed E-state index contributed by atoms with van der Waals surface area (Å²) in [4.78, 5) is 2.10. The third kappa shape index (κ3) is 2.82. The molecule has 5 heteroatoms. The number of ether oxygens (including phenoxy) is 1. The van der Waals surface area contributed by atoms with Crippen molar-refractivity contribution < 1.29 is 9.13 Å². The monoisotopic (exact) mass is 258 g/mol. The van der Waals surface area contributed by atoms with E-state index in [1.807, 2.05) is 0 Å². The van der Waals surface area contributed by atoms with Gasteiger partial charge in [-0.05, 0) is 18.9 Å². The van der Waals surface area contributed by atoms with E-state index in [4.69, 9.17) is 22.1 Å². The minimum absolute atomic E-state index is 0.0636. The van der Waals surface area contributed by atoms with Crippen LogP contribution in [-0.4, -0.2) is 26.3 Å². The fourth-order valence-electron chi connectivity index (χ4n) is 1.88. The van der Waals surface area contributed by atoms with Crippen LogP contribution in [0.3, 0.4) is 0 Å². The van der Waals surface area contributed by atoms with Gasteiger partial charge in [-0.2, -0.15) is 0 Å². The van der Waals surface area contributed by atoms with Crippen LogP contribution in [0, 0.1) is 5.82 Å². The predicted octanol–water partition coefficient (Wildman–Crippen LogP) is 2.68. The Morgan fingerprint density at radius 1 is 1.53 bits per heavy atom. The number of nitrogen functional groups attached to an aromatic ring is 1. The Morgan fingerprint density at radius 3 is 2.82 bits per heavy atom. The SMILES string of the molecule is COCCN(c1cc(F)c(Cl)cc1N)C1CC1. The molecule has 0 heterocycles. The molecule has 0 unspecified atom stereocenters. The Labute approximate surface area is 105 Å². The lowest BCUT2D eigenvalue weighted by molar-refractivity contribution is 0.205. The lowest BCUT2D eigenvalue weighted by Gasteiger charge is -2.26. The van der Waals surface area contributed by atoms with Crippen LogP contribution in [0.25, 0.3) is 0 Å². The zero-order valence-corrected chi connectivity index (χ0v) is 10.5. The summed E-state index contributed by atoms with van der Waals surface area (Å²) in [5, 5.41) is 0.0636. The van der Waals surface area contributed by atoms with Gasteiger partial charge in [0.1, 0.15) is 5.82 Å². The second-order valence-corrected chi connectivity index (χ2v) is 4.65. The zero-order chi connectivity index (χ0) is 12.4. The standard InChI is InChI=1S/C12H16ClFN2O/c1-17-5-4-16(8-2-3-8)12-7-10(14)9(13)6-11(12)15/h6-8H,2-5,15H2,1H3. The molecule has 94 valence electrons. The molecule has 1 aromatic carbocycles. The molecule has 0 radical (unpaired) electrons. The van der Waals surface area contributed by atoms with Crippen molar-refractivity contribution >= 4 is 23.0 Å². The number of benzene rings is 1. The quantitative estimate of drug-likeness (QED) is 0.826. The first-order chi connectivity index (χ1) is 8.13. The van der Waals surface area contributed by atoms with Crippen molar-refractivity contribution in [2.45, 2.75) is 18.9 Å². The number of hydrogen-bond donors (Lipinski definition) is 1. The lowest BCUT2D eigenvalue weighted by Crippen LogP contribution is -2.30. The van der Waals surface area contributed by atoms with Crippen LogP contribution in [0.1, 0.15) is 12.8 Å². The van der Waals surface area contributed by atoms with E-state index in [1.54, 1.807) is 7.11 Å². The third-order valence-electron chi connectivity index (χ3n) is 2.90. The normalized spacial score (nSPS) is 15.0. The van der Waals surface area contributed by atoms with Gasteiger partial charge in [-0.1, -0.05) is 11.6 Å². The van der Waals surface area contributed by atoms with Crippen LogP contribution in [0.5, 0.6) is 0 Å². The molecular weight excluding hydrogens is 243 g/mol. The number of halogens is 2. The molecule has 2 N–H and O–H groups in total. The largest absolute Gasteiger partial charge is 0.397 e. The Hall–Kier alpha value is -1.00. The van der Waals surface area contributed by atoms with Crippen molar-refractivity contribution in [2.75, 3.05) is 30.9 Å². The topological polar surface area (TPSA) is 38.5 Å². The minimum atomic E-state index is -0.432. The van der Waals surface area contributed by atoms with Gasteiger partial charge in [-0.25, -0.2) is 4.39 Å². The van der Waals surface area contributed by atoms with Gasteiger partial charge in [0.2, 0.25) is 0 Å². The maximum Gasteiger partial charge on any atom is 0.144 e. The molecule has 1 aromatic rings. The molecule has 17 heavy (non-hydrogen) atoms. The number of methoxy groups -OCH3 is 1. The van der Waals surface area contributed by atoms with Crippen molar-refractivity contribution in [1.29, 1.82) is 0 Å². The molecule has 0 atom stereocenters. The summed E-state index contributed by atoms with van der Waals surface area (Å²) < 4.78 is 18.5. The number of rotatable bonds is 5. The molecule has 1 fully saturated rings. The van der Waals surface area contributed by atoms with Crippen LogP contribution in [0.15, 0.2) is 12.1 Å². The van der Waals surface area contributed by atoms with Gasteiger partial charge in [0.15, 0.2) is 0 Å². The van der Waals surface area contributed by atoms with Crippen molar-refractivity contribution in [3.05, 3.63) is 23.0 Å². The highest BCUT2D eigenvalue weighted by molar-refractivity contribution is 6.31. The average molecular weight is 259 g/mol. The lowest BCUT2D eigenvalue weighted by atomic mass is 10.2. The van der Waals surface area contributed by atoms with Crippen LogP contribution < -0.4 is 10.6 Å². The van der Waals surface area contributed by atoms with Gasteiger partial charge in [0, 0.05) is 25.8 Å². The molecule has 0 aliphatic heterocycles. The van der Waals surface area contributed by atoms with Crippen molar-refractivity contribution in [2.24, 2.45) is 0 Å². The minimum Gasteiger partial charge on any atom is -0.397 e. The maximum absolute atomic E-state index is 13.5. The van der Waals surface area contributed by atoms with E-state index in [0.29, 0.717) is 30.6 Å². The average Bonchev–Trinajstić information content (AvgIpc) is 3.10. The van der Waals surface area contributed by atoms with Gasteiger partial charge in [-0.15, -0.1) is 0 Å². The van der Waals surface area contributed by atoms with Gasteiger partial charge in [-0.3, -0.25) is 0 Å². The Morgan fingerprint density at radius 2 is 2.24 bits per heavy atom. The highest BCUT2D eigenvalue weighted by atomic mass is 35.5. The molecule has 0 spiro atoms. The Kier molecular flexibility index (Phi) is 3.74. The third-order valence-corrected chi connectivity index (χ3v) is 3.19. The van der Waals surface area contributed by atoms with E-state index in [1.165, 1.54) is 12.1 Å². The van der Waals surface area contributed by atoms with Crippen molar-refractivity contribution in [3.8, 4) is 0 Å². The first kappa shape index (κ1) is 12.5. The molecule has 3 nitrogen and oxygen atoms in total. The number of nitrogens with zero attached hydrogens (tertiary/aromatic N) is 1. The summed E-state index contributed by atoms with van der Waals surface area (Å²) in [5.74, 6) is -0.432. The summed E-state index contributed by atoms with van der Waals surface area (Å²) in [7, 11) is 1.65. The maximum atomic E-state index is 13.5. The second-order valence-electron chi connectivity index (χ2n) is 4.24. The molecule has 0 amide bonds. The van der Waals surface area contributed by atoms with Crippen LogP contribution >= 0.6 is 11.6 Å². The van der Waals surface area contributed by atoms with E-state index >= 15 is 0 Å². The number of nitrogens with two attached hydrogens (primary N) is 1. The molecular formula is C12H16ClFN2O. The van der Waals surface area contributed by atoms with Crippen molar-refractivity contribution in [3.63, 3.8) is 0 Å². The molecule has 2 rings (SSSR count). The molecule has 0 aromatic heterocycles. The number of hydrogen-bond acceptors (Lipinski definition) is 3. The van der Waals surface area contributed by atoms with E-state index in [9.17, 15) is 4.39 Å². The van der Waals surface area contributed by atoms with E-state index in [-0.39, 0.29) is 5.02 Å². The summed E-state index contributed by atoms with van der Waals surface area (Å²) in [6.45, 7) is 1.31. The summed E-state index contributed by atoms with van der Waals surface area (Å²) >= 11 is 5.69. The fourth-order valence-corrected chi connectivity index (χ4v) is 2.05. The molecule has 1 aliphatic rings. The number of anilines is 2. The molecule has 0 bridgehead atoms. The zero-order valence-electron chi connectivity index (χ0n) is 9.75. The van der Waals surface area contributed by atoms with Crippen LogP contribution in [-0.2, 0) is 4.74 Å².